The lowest BCUT2D eigenvalue weighted by Crippen LogP contribution is -2.33. The Hall–Kier alpha value is -1.63. The van der Waals surface area contributed by atoms with Crippen LogP contribution in [0.2, 0.25) is 0 Å². The summed E-state index contributed by atoms with van der Waals surface area (Å²) >= 11 is 0. The first-order chi connectivity index (χ1) is 5.63. The van der Waals surface area contributed by atoms with Crippen molar-refractivity contribution >= 4 is 11.7 Å². The Morgan fingerprint density at radius 2 is 2.33 bits per heavy atom. The van der Waals surface area contributed by atoms with Gasteiger partial charge in [0.15, 0.2) is 11.7 Å². The van der Waals surface area contributed by atoms with Crippen LogP contribution in [0.4, 0.5) is 0 Å². The summed E-state index contributed by atoms with van der Waals surface area (Å²) < 4.78 is 0. The molecule has 12 heavy (non-hydrogen) atoms. The van der Waals surface area contributed by atoms with Crippen molar-refractivity contribution in [1.29, 1.82) is 5.26 Å². The molecule has 0 aliphatic carbocycles. The van der Waals surface area contributed by atoms with E-state index in [-0.39, 0.29) is 6.54 Å². The predicted molar refractivity (Wildman–Crippen MR) is 43.0 cm³/mol. The first-order valence-corrected chi connectivity index (χ1v) is 3.42. The number of nitriles is 1. The van der Waals surface area contributed by atoms with E-state index in [1.807, 2.05) is 0 Å². The highest BCUT2D eigenvalue weighted by Crippen LogP contribution is 1.95. The maximum Gasteiger partial charge on any atom is 0.245 e. The van der Waals surface area contributed by atoms with Gasteiger partial charge in [0.2, 0.25) is 5.91 Å². The van der Waals surface area contributed by atoms with Gasteiger partial charge in [0.1, 0.15) is 0 Å². The van der Waals surface area contributed by atoms with Gasteiger partial charge in [-0.3, -0.25) is 9.59 Å². The smallest absolute Gasteiger partial charge is 0.245 e. The number of ketones is 1. The summed E-state index contributed by atoms with van der Waals surface area (Å²) in [5.41, 5.74) is 0. The molecule has 0 radical (unpaired) electrons. The monoisotopic (exact) mass is 166 g/mol. The molecule has 0 fully saturated rings. The lowest BCUT2D eigenvalue weighted by atomic mass is 10.1. The van der Waals surface area contributed by atoms with Crippen molar-refractivity contribution in [1.82, 2.24) is 5.32 Å². The Kier molecular flexibility index (Phi) is 4.39. The molecule has 0 bridgehead atoms. The van der Waals surface area contributed by atoms with E-state index in [0.29, 0.717) is 0 Å². The van der Waals surface area contributed by atoms with Crippen molar-refractivity contribution in [3.8, 4) is 6.07 Å². The molecule has 1 atom stereocenters. The van der Waals surface area contributed by atoms with E-state index in [9.17, 15) is 9.59 Å². The number of nitrogens with zero attached hydrogens (tertiary/aromatic N) is 1. The van der Waals surface area contributed by atoms with Crippen molar-refractivity contribution < 1.29 is 9.59 Å². The number of hydrogen-bond acceptors (Lipinski definition) is 3. The largest absolute Gasteiger partial charge is 0.351 e. The van der Waals surface area contributed by atoms with Crippen molar-refractivity contribution in [2.24, 2.45) is 5.92 Å². The zero-order valence-electron chi connectivity index (χ0n) is 6.83. The average Bonchev–Trinajstić information content (AvgIpc) is 2.01. The Balaban J connectivity index is 4.15. The number of carbonyl (C=O) groups is 2. The summed E-state index contributed by atoms with van der Waals surface area (Å²) in [5.74, 6) is -2.20. The molecule has 1 amide bonds. The zero-order chi connectivity index (χ0) is 9.56. The number of amides is 1. The van der Waals surface area contributed by atoms with Crippen molar-refractivity contribution in [3.63, 3.8) is 0 Å². The average molecular weight is 166 g/mol. The summed E-state index contributed by atoms with van der Waals surface area (Å²) in [5, 5.41) is 10.8. The molecule has 0 aromatic carbocycles. The van der Waals surface area contributed by atoms with Crippen LogP contribution in [-0.2, 0) is 9.59 Å². The van der Waals surface area contributed by atoms with Crippen LogP contribution in [0.1, 0.15) is 6.92 Å². The van der Waals surface area contributed by atoms with Gasteiger partial charge >= 0.3 is 0 Å². The van der Waals surface area contributed by atoms with Gasteiger partial charge in [0, 0.05) is 6.54 Å². The highest BCUT2D eigenvalue weighted by molar-refractivity contribution is 6.02. The van der Waals surface area contributed by atoms with Crippen LogP contribution in [0.3, 0.4) is 0 Å². The van der Waals surface area contributed by atoms with Gasteiger partial charge in [-0.15, -0.1) is 6.58 Å². The molecule has 0 heterocycles. The SMILES string of the molecule is C=CCNC(=O)C(C#N)C(C)=O. The molecule has 1 N–H and O–H groups in total. The van der Waals surface area contributed by atoms with Gasteiger partial charge in [-0.1, -0.05) is 6.08 Å². The molecule has 0 aromatic rings. The molecule has 0 aliphatic rings. The van der Waals surface area contributed by atoms with Gasteiger partial charge < -0.3 is 5.32 Å². The highest BCUT2D eigenvalue weighted by atomic mass is 16.2. The van der Waals surface area contributed by atoms with Crippen molar-refractivity contribution in [2.45, 2.75) is 6.92 Å². The Bertz CT molecular complexity index is 240. The summed E-state index contributed by atoms with van der Waals surface area (Å²) in [6, 6.07) is 1.61. The van der Waals surface area contributed by atoms with E-state index >= 15 is 0 Å². The first-order valence-electron chi connectivity index (χ1n) is 3.42. The number of hydrogen-bond donors (Lipinski definition) is 1. The molecular weight excluding hydrogens is 156 g/mol. The topological polar surface area (TPSA) is 70.0 Å². The lowest BCUT2D eigenvalue weighted by molar-refractivity contribution is -0.130. The third kappa shape index (κ3) is 2.97. The second-order valence-corrected chi connectivity index (χ2v) is 2.21. The molecule has 0 spiro atoms. The molecule has 0 aromatic heterocycles. The Morgan fingerprint density at radius 1 is 1.75 bits per heavy atom. The van der Waals surface area contributed by atoms with E-state index in [0.717, 1.165) is 0 Å². The van der Waals surface area contributed by atoms with Crippen LogP contribution in [0, 0.1) is 17.2 Å². The molecule has 1 unspecified atom stereocenters. The zero-order valence-corrected chi connectivity index (χ0v) is 6.83. The maximum atomic E-state index is 11.0. The third-order valence-corrected chi connectivity index (χ3v) is 1.22. The van der Waals surface area contributed by atoms with E-state index in [2.05, 4.69) is 11.9 Å². The van der Waals surface area contributed by atoms with Crippen molar-refractivity contribution in [2.75, 3.05) is 6.54 Å². The van der Waals surface area contributed by atoms with Gasteiger partial charge in [-0.05, 0) is 6.92 Å². The van der Waals surface area contributed by atoms with Crippen LogP contribution in [0.5, 0.6) is 0 Å². The summed E-state index contributed by atoms with van der Waals surface area (Å²) in [6.45, 7) is 4.86. The normalized spacial score (nSPS) is 11.0. The van der Waals surface area contributed by atoms with Gasteiger partial charge in [-0.2, -0.15) is 5.26 Å². The van der Waals surface area contributed by atoms with Crippen molar-refractivity contribution in [3.05, 3.63) is 12.7 Å². The standard InChI is InChI=1S/C8H10N2O2/c1-3-4-10-8(12)7(5-9)6(2)11/h3,7H,1,4H2,2H3,(H,10,12). The van der Waals surface area contributed by atoms with Gasteiger partial charge in [0.05, 0.1) is 6.07 Å². The fourth-order valence-electron chi connectivity index (χ4n) is 0.609. The van der Waals surface area contributed by atoms with E-state index in [4.69, 9.17) is 5.26 Å². The minimum Gasteiger partial charge on any atom is -0.351 e. The first kappa shape index (κ1) is 10.4. The van der Waals surface area contributed by atoms with Crippen LogP contribution in [-0.4, -0.2) is 18.2 Å². The quantitative estimate of drug-likeness (QED) is 0.472. The fourth-order valence-corrected chi connectivity index (χ4v) is 0.609. The minimum atomic E-state index is -1.19. The van der Waals surface area contributed by atoms with Crippen LogP contribution >= 0.6 is 0 Å². The Labute approximate surface area is 70.9 Å². The number of rotatable bonds is 4. The highest BCUT2D eigenvalue weighted by Gasteiger charge is 2.21. The van der Waals surface area contributed by atoms with Gasteiger partial charge in [-0.25, -0.2) is 0 Å². The second kappa shape index (κ2) is 5.08. The van der Waals surface area contributed by atoms with Crippen LogP contribution in [0.15, 0.2) is 12.7 Å². The van der Waals surface area contributed by atoms with E-state index in [1.165, 1.54) is 13.0 Å². The number of Topliss-reactive ketones (excluding diaryl/α,β-unsaturated/α-hetero) is 1. The van der Waals surface area contributed by atoms with Gasteiger partial charge in [0.25, 0.3) is 0 Å². The Morgan fingerprint density at radius 3 is 2.67 bits per heavy atom. The molecular formula is C8H10N2O2. The number of carbonyl (C=O) groups excluding carboxylic acids is 2. The number of nitrogens with one attached hydrogen (secondary N) is 1. The second-order valence-electron chi connectivity index (χ2n) is 2.21. The summed E-state index contributed by atoms with van der Waals surface area (Å²) in [6.07, 6.45) is 1.48. The maximum absolute atomic E-state index is 11.0. The molecule has 0 saturated heterocycles. The molecule has 4 heteroatoms. The van der Waals surface area contributed by atoms with Crippen LogP contribution < -0.4 is 5.32 Å². The fraction of sp³-hybridized carbons (Fsp3) is 0.375. The molecule has 4 nitrogen and oxygen atoms in total. The minimum absolute atomic E-state index is 0.268. The van der Waals surface area contributed by atoms with E-state index in [1.54, 1.807) is 6.07 Å². The molecule has 0 aliphatic heterocycles. The predicted octanol–water partition coefficient (Wildman–Crippen LogP) is 0.0174. The molecule has 64 valence electrons. The summed E-state index contributed by atoms with van der Waals surface area (Å²) in [4.78, 5) is 21.6. The molecule has 0 rings (SSSR count). The molecule has 0 saturated carbocycles. The summed E-state index contributed by atoms with van der Waals surface area (Å²) in [7, 11) is 0. The lowest BCUT2D eigenvalue weighted by Gasteiger charge is -2.03. The van der Waals surface area contributed by atoms with Crippen LogP contribution in [0.25, 0.3) is 0 Å². The van der Waals surface area contributed by atoms with E-state index < -0.39 is 17.6 Å². The third-order valence-electron chi connectivity index (χ3n) is 1.22.